The van der Waals surface area contributed by atoms with Gasteiger partial charge in [-0.2, -0.15) is 0 Å². The van der Waals surface area contributed by atoms with E-state index in [-0.39, 0.29) is 5.76 Å². The van der Waals surface area contributed by atoms with Crippen LogP contribution in [0.1, 0.15) is 10.6 Å². The molecule has 0 aliphatic heterocycles. The Bertz CT molecular complexity index is 899. The minimum absolute atomic E-state index is 0.0980. The lowest BCUT2D eigenvalue weighted by Gasteiger charge is -2.16. The number of aromatic nitrogens is 1. The highest BCUT2D eigenvalue weighted by molar-refractivity contribution is 7.82. The lowest BCUT2D eigenvalue weighted by molar-refractivity contribution is 0.0701. The SMILES string of the molecule is O=C(Oc1ccc(N(S)C(=O)Nc2ccc(Cl)nc2)cc1)c1ccco1. The van der Waals surface area contributed by atoms with Crippen LogP contribution in [0, 0.1) is 0 Å². The number of esters is 1. The number of urea groups is 1. The Morgan fingerprint density at radius 2 is 1.92 bits per heavy atom. The van der Waals surface area contributed by atoms with Crippen LogP contribution in [0.15, 0.2) is 65.4 Å². The van der Waals surface area contributed by atoms with E-state index in [1.54, 1.807) is 30.3 Å². The van der Waals surface area contributed by atoms with E-state index in [1.165, 1.54) is 30.7 Å². The van der Waals surface area contributed by atoms with Gasteiger partial charge in [0.1, 0.15) is 10.9 Å². The van der Waals surface area contributed by atoms with Crippen LogP contribution in [0.2, 0.25) is 5.15 Å². The van der Waals surface area contributed by atoms with Crippen molar-refractivity contribution >= 4 is 47.8 Å². The Labute approximate surface area is 159 Å². The molecule has 132 valence electrons. The first-order valence-electron chi connectivity index (χ1n) is 7.30. The van der Waals surface area contributed by atoms with Crippen molar-refractivity contribution in [3.8, 4) is 5.75 Å². The van der Waals surface area contributed by atoms with Crippen LogP contribution in [0.5, 0.6) is 5.75 Å². The van der Waals surface area contributed by atoms with Crippen molar-refractivity contribution in [3.05, 3.63) is 71.9 Å². The Morgan fingerprint density at radius 1 is 1.15 bits per heavy atom. The number of hydrogen-bond donors (Lipinski definition) is 2. The Balaban J connectivity index is 1.62. The number of carbonyl (C=O) groups excluding carboxylic acids is 2. The summed E-state index contributed by atoms with van der Waals surface area (Å²) in [4.78, 5) is 27.9. The fourth-order valence-corrected chi connectivity index (χ4v) is 2.25. The number of ether oxygens (including phenoxy) is 1. The largest absolute Gasteiger partial charge is 0.457 e. The molecule has 1 aromatic carbocycles. The van der Waals surface area contributed by atoms with Gasteiger partial charge in [0.15, 0.2) is 0 Å². The van der Waals surface area contributed by atoms with Crippen molar-refractivity contribution < 1.29 is 18.7 Å². The number of anilines is 2. The Hall–Kier alpha value is -2.97. The van der Waals surface area contributed by atoms with Gasteiger partial charge in [0.05, 0.1) is 23.8 Å². The highest BCUT2D eigenvalue weighted by Gasteiger charge is 2.14. The molecule has 0 saturated carbocycles. The van der Waals surface area contributed by atoms with Crippen LogP contribution in [0.3, 0.4) is 0 Å². The van der Waals surface area contributed by atoms with Crippen molar-refractivity contribution in [2.45, 2.75) is 0 Å². The van der Waals surface area contributed by atoms with Crippen LogP contribution in [-0.4, -0.2) is 17.0 Å². The molecule has 0 fully saturated rings. The topological polar surface area (TPSA) is 84.7 Å². The van der Waals surface area contributed by atoms with E-state index in [0.717, 1.165) is 4.31 Å². The number of thiol groups is 1. The Morgan fingerprint density at radius 3 is 2.54 bits per heavy atom. The van der Waals surface area contributed by atoms with Crippen LogP contribution < -0.4 is 14.4 Å². The van der Waals surface area contributed by atoms with Crippen molar-refractivity contribution in [2.24, 2.45) is 0 Å². The van der Waals surface area contributed by atoms with Gasteiger partial charge >= 0.3 is 12.0 Å². The van der Waals surface area contributed by atoms with Gasteiger partial charge in [-0.3, -0.25) is 0 Å². The zero-order valence-corrected chi connectivity index (χ0v) is 14.8. The molecule has 0 atom stereocenters. The number of amides is 2. The lowest BCUT2D eigenvalue weighted by atomic mass is 10.3. The third kappa shape index (κ3) is 4.35. The second kappa shape index (κ2) is 7.94. The van der Waals surface area contributed by atoms with Gasteiger partial charge in [-0.15, -0.1) is 0 Å². The van der Waals surface area contributed by atoms with Crippen molar-refractivity contribution in [1.29, 1.82) is 0 Å². The van der Waals surface area contributed by atoms with Crippen molar-refractivity contribution in [1.82, 2.24) is 4.98 Å². The summed E-state index contributed by atoms with van der Waals surface area (Å²) in [7, 11) is 0. The number of benzene rings is 1. The molecule has 0 aliphatic rings. The predicted octanol–water partition coefficient (Wildman–Crippen LogP) is 4.43. The number of hydrogen-bond acceptors (Lipinski definition) is 6. The fraction of sp³-hybridized carbons (Fsp3) is 0. The molecule has 2 heterocycles. The first-order valence-corrected chi connectivity index (χ1v) is 8.08. The van der Waals surface area contributed by atoms with Gasteiger partial charge in [-0.25, -0.2) is 18.9 Å². The highest BCUT2D eigenvalue weighted by Crippen LogP contribution is 2.22. The summed E-state index contributed by atoms with van der Waals surface area (Å²) >= 11 is 9.87. The molecular formula is C17H12ClN3O4S. The summed E-state index contributed by atoms with van der Waals surface area (Å²) in [6.07, 6.45) is 2.81. The van der Waals surface area contributed by atoms with Gasteiger partial charge in [0.25, 0.3) is 0 Å². The summed E-state index contributed by atoms with van der Waals surface area (Å²) < 4.78 is 11.2. The number of halogens is 1. The van der Waals surface area contributed by atoms with E-state index >= 15 is 0 Å². The zero-order chi connectivity index (χ0) is 18.5. The molecule has 26 heavy (non-hydrogen) atoms. The number of rotatable bonds is 4. The van der Waals surface area contributed by atoms with Crippen molar-refractivity contribution in [2.75, 3.05) is 9.62 Å². The molecule has 0 aliphatic carbocycles. The summed E-state index contributed by atoms with van der Waals surface area (Å²) in [5.41, 5.74) is 0.952. The predicted molar refractivity (Wildman–Crippen MR) is 99.8 cm³/mol. The van der Waals surface area contributed by atoms with E-state index in [4.69, 9.17) is 20.8 Å². The first-order chi connectivity index (χ1) is 12.5. The van der Waals surface area contributed by atoms with Crippen molar-refractivity contribution in [3.63, 3.8) is 0 Å². The molecule has 0 radical (unpaired) electrons. The highest BCUT2D eigenvalue weighted by atomic mass is 35.5. The van der Waals surface area contributed by atoms with Crippen LogP contribution in [-0.2, 0) is 0 Å². The summed E-state index contributed by atoms with van der Waals surface area (Å²) in [6, 6.07) is 12.0. The number of nitrogens with one attached hydrogen (secondary N) is 1. The fourth-order valence-electron chi connectivity index (χ4n) is 1.95. The van der Waals surface area contributed by atoms with E-state index in [1.807, 2.05) is 0 Å². The molecule has 3 aromatic rings. The average molecular weight is 390 g/mol. The molecule has 2 amide bonds. The smallest absolute Gasteiger partial charge is 0.379 e. The Kier molecular flexibility index (Phi) is 5.45. The minimum atomic E-state index is -0.613. The molecule has 9 heteroatoms. The monoisotopic (exact) mass is 389 g/mol. The maximum atomic E-state index is 12.2. The third-order valence-electron chi connectivity index (χ3n) is 3.19. The molecule has 2 aromatic heterocycles. The van der Waals surface area contributed by atoms with Crippen LogP contribution in [0.25, 0.3) is 0 Å². The number of pyridine rings is 1. The average Bonchev–Trinajstić information content (AvgIpc) is 3.18. The van der Waals surface area contributed by atoms with E-state index in [0.29, 0.717) is 22.3 Å². The summed E-state index contributed by atoms with van der Waals surface area (Å²) in [5, 5.41) is 2.95. The maximum Gasteiger partial charge on any atom is 0.379 e. The molecule has 1 N–H and O–H groups in total. The normalized spacial score (nSPS) is 10.2. The summed E-state index contributed by atoms with van der Waals surface area (Å²) in [5.74, 6) is -0.210. The van der Waals surface area contributed by atoms with Crippen LogP contribution >= 0.6 is 24.4 Å². The molecular weight excluding hydrogens is 378 g/mol. The standard InChI is InChI=1S/C17H12ClN3O4S/c18-15-8-3-11(10-19-15)20-17(23)21(26)12-4-6-13(7-5-12)25-16(22)14-2-1-9-24-14/h1-10,26H,(H,20,23). The first kappa shape index (κ1) is 17.8. The van der Waals surface area contributed by atoms with E-state index < -0.39 is 12.0 Å². The number of furan rings is 1. The number of nitrogens with zero attached hydrogens (tertiary/aromatic N) is 2. The van der Waals surface area contributed by atoms with Gasteiger partial charge in [0.2, 0.25) is 5.76 Å². The molecule has 0 unspecified atom stereocenters. The second-order valence-corrected chi connectivity index (χ2v) is 5.76. The molecule has 0 spiro atoms. The van der Waals surface area contributed by atoms with E-state index in [2.05, 4.69) is 23.1 Å². The number of carbonyl (C=O) groups is 2. The van der Waals surface area contributed by atoms with E-state index in [9.17, 15) is 9.59 Å². The zero-order valence-electron chi connectivity index (χ0n) is 13.1. The quantitative estimate of drug-likeness (QED) is 0.298. The lowest BCUT2D eigenvalue weighted by Crippen LogP contribution is -2.26. The third-order valence-corrected chi connectivity index (χ3v) is 3.82. The minimum Gasteiger partial charge on any atom is -0.457 e. The van der Waals surface area contributed by atoms with Gasteiger partial charge in [-0.1, -0.05) is 24.4 Å². The maximum absolute atomic E-state index is 12.2. The molecule has 7 nitrogen and oxygen atoms in total. The second-order valence-electron chi connectivity index (χ2n) is 4.97. The molecule has 3 rings (SSSR count). The molecule has 0 bridgehead atoms. The summed E-state index contributed by atoms with van der Waals surface area (Å²) in [6.45, 7) is 0. The van der Waals surface area contributed by atoms with Gasteiger partial charge < -0.3 is 14.5 Å². The van der Waals surface area contributed by atoms with Crippen LogP contribution in [0.4, 0.5) is 16.2 Å². The van der Waals surface area contributed by atoms with Gasteiger partial charge in [-0.05, 0) is 48.5 Å². The molecule has 0 saturated heterocycles. The van der Waals surface area contributed by atoms with Gasteiger partial charge in [0, 0.05) is 0 Å².